The van der Waals surface area contributed by atoms with Crippen LogP contribution in [0.15, 0.2) is 12.3 Å². The predicted octanol–water partition coefficient (Wildman–Crippen LogP) is 1.18. The molecule has 3 heterocycles. The van der Waals surface area contributed by atoms with Crippen LogP contribution < -0.4 is 5.32 Å². The molecule has 1 N–H and O–H groups in total. The number of ether oxygens (including phenoxy) is 1. The first-order valence-corrected chi connectivity index (χ1v) is 7.74. The Morgan fingerprint density at radius 1 is 1.50 bits per heavy atom. The Balaban J connectivity index is 1.63. The van der Waals surface area contributed by atoms with E-state index in [9.17, 15) is 9.59 Å². The summed E-state index contributed by atoms with van der Waals surface area (Å²) in [6, 6.07) is 1.92. The minimum atomic E-state index is -0.652. The van der Waals surface area contributed by atoms with Gasteiger partial charge >= 0.3 is 0 Å². The molecular weight excluding hydrogens is 284 g/mol. The van der Waals surface area contributed by atoms with Crippen molar-refractivity contribution >= 4 is 17.6 Å². The zero-order valence-electron chi connectivity index (χ0n) is 13.0. The van der Waals surface area contributed by atoms with Crippen LogP contribution in [-0.2, 0) is 14.3 Å². The van der Waals surface area contributed by atoms with E-state index in [1.807, 2.05) is 22.7 Å². The average molecular weight is 306 g/mol. The number of amides is 2. The van der Waals surface area contributed by atoms with Gasteiger partial charge in [-0.15, -0.1) is 0 Å². The van der Waals surface area contributed by atoms with Crippen molar-refractivity contribution in [2.45, 2.75) is 44.8 Å². The topological polar surface area (TPSA) is 76.5 Å². The van der Waals surface area contributed by atoms with E-state index in [2.05, 4.69) is 10.4 Å². The first kappa shape index (κ1) is 15.0. The van der Waals surface area contributed by atoms with E-state index in [0.717, 1.165) is 25.8 Å². The lowest BCUT2D eigenvalue weighted by atomic mass is 10.0. The quantitative estimate of drug-likeness (QED) is 0.910. The SMILES string of the molecule is CC(=O)Nc1ccn([C@@H]2CCN(C(=O)[C@@]3(C)CCCO3)C2)n1. The first-order chi connectivity index (χ1) is 10.5. The van der Waals surface area contributed by atoms with E-state index < -0.39 is 5.60 Å². The molecule has 0 aliphatic carbocycles. The lowest BCUT2D eigenvalue weighted by Crippen LogP contribution is -2.45. The molecule has 0 spiro atoms. The van der Waals surface area contributed by atoms with Gasteiger partial charge in [-0.1, -0.05) is 0 Å². The van der Waals surface area contributed by atoms with Crippen molar-refractivity contribution in [3.05, 3.63) is 12.3 Å². The predicted molar refractivity (Wildman–Crippen MR) is 80.4 cm³/mol. The maximum atomic E-state index is 12.6. The van der Waals surface area contributed by atoms with Crippen LogP contribution in [0.25, 0.3) is 0 Å². The van der Waals surface area contributed by atoms with Crippen LogP contribution in [0.3, 0.4) is 0 Å². The second kappa shape index (κ2) is 5.72. The Hall–Kier alpha value is -1.89. The number of rotatable bonds is 3. The fourth-order valence-corrected chi connectivity index (χ4v) is 3.21. The summed E-state index contributed by atoms with van der Waals surface area (Å²) in [5.74, 6) is 0.491. The van der Waals surface area contributed by atoms with Crippen molar-refractivity contribution in [2.24, 2.45) is 0 Å². The fraction of sp³-hybridized carbons (Fsp3) is 0.667. The standard InChI is InChI=1S/C15H22N4O3/c1-11(20)16-13-5-8-19(17-13)12-4-7-18(10-12)14(21)15(2)6-3-9-22-15/h5,8,12H,3-4,6-7,9-10H2,1-2H3,(H,16,17,20)/t12-,15-/m1/s1. The molecule has 22 heavy (non-hydrogen) atoms. The molecule has 2 aliphatic heterocycles. The number of hydrogen-bond acceptors (Lipinski definition) is 4. The highest BCUT2D eigenvalue weighted by molar-refractivity contribution is 5.87. The number of aromatic nitrogens is 2. The van der Waals surface area contributed by atoms with Gasteiger partial charge in [0.2, 0.25) is 5.91 Å². The Bertz CT molecular complexity index is 577. The fourth-order valence-electron chi connectivity index (χ4n) is 3.21. The molecule has 2 atom stereocenters. The summed E-state index contributed by atoms with van der Waals surface area (Å²) in [4.78, 5) is 25.5. The van der Waals surface area contributed by atoms with E-state index in [4.69, 9.17) is 4.74 Å². The molecule has 7 nitrogen and oxygen atoms in total. The highest BCUT2D eigenvalue weighted by Crippen LogP contribution is 2.30. The summed E-state index contributed by atoms with van der Waals surface area (Å²) in [6.07, 6.45) is 4.45. The summed E-state index contributed by atoms with van der Waals surface area (Å²) in [5, 5.41) is 7.02. The smallest absolute Gasteiger partial charge is 0.254 e. The second-order valence-electron chi connectivity index (χ2n) is 6.24. The summed E-state index contributed by atoms with van der Waals surface area (Å²) in [6.45, 7) is 5.37. The second-order valence-corrected chi connectivity index (χ2v) is 6.24. The molecule has 0 bridgehead atoms. The van der Waals surface area contributed by atoms with Crippen LogP contribution in [0.1, 0.15) is 39.2 Å². The van der Waals surface area contributed by atoms with Crippen molar-refractivity contribution in [3.63, 3.8) is 0 Å². The van der Waals surface area contributed by atoms with Crippen LogP contribution in [-0.4, -0.2) is 51.8 Å². The molecule has 0 unspecified atom stereocenters. The summed E-state index contributed by atoms with van der Waals surface area (Å²) < 4.78 is 7.47. The molecule has 0 aromatic carbocycles. The molecular formula is C15H22N4O3. The number of carbonyl (C=O) groups excluding carboxylic acids is 2. The van der Waals surface area contributed by atoms with E-state index in [1.165, 1.54) is 6.92 Å². The average Bonchev–Trinajstić information content (AvgIpc) is 3.17. The Morgan fingerprint density at radius 2 is 2.32 bits per heavy atom. The lowest BCUT2D eigenvalue weighted by molar-refractivity contribution is -0.149. The van der Waals surface area contributed by atoms with Gasteiger partial charge in [0.25, 0.3) is 5.91 Å². The number of nitrogens with zero attached hydrogens (tertiary/aromatic N) is 3. The number of nitrogens with one attached hydrogen (secondary N) is 1. The third-order valence-electron chi connectivity index (χ3n) is 4.41. The molecule has 1 aromatic rings. The van der Waals surface area contributed by atoms with Crippen molar-refractivity contribution in [1.29, 1.82) is 0 Å². The number of anilines is 1. The van der Waals surface area contributed by atoms with Crippen LogP contribution in [0.2, 0.25) is 0 Å². The first-order valence-electron chi connectivity index (χ1n) is 7.74. The Kier molecular flexibility index (Phi) is 3.90. The van der Waals surface area contributed by atoms with E-state index in [1.54, 1.807) is 6.07 Å². The molecule has 2 fully saturated rings. The van der Waals surface area contributed by atoms with E-state index >= 15 is 0 Å². The number of likely N-dealkylation sites (tertiary alicyclic amines) is 1. The number of carbonyl (C=O) groups is 2. The zero-order chi connectivity index (χ0) is 15.7. The minimum absolute atomic E-state index is 0.0849. The third kappa shape index (κ3) is 2.85. The van der Waals surface area contributed by atoms with Crippen molar-refractivity contribution < 1.29 is 14.3 Å². The van der Waals surface area contributed by atoms with Crippen molar-refractivity contribution in [1.82, 2.24) is 14.7 Å². The van der Waals surface area contributed by atoms with E-state index in [0.29, 0.717) is 19.0 Å². The zero-order valence-corrected chi connectivity index (χ0v) is 13.0. The van der Waals surface area contributed by atoms with Crippen LogP contribution in [0, 0.1) is 0 Å². The van der Waals surface area contributed by atoms with Crippen molar-refractivity contribution in [3.8, 4) is 0 Å². The lowest BCUT2D eigenvalue weighted by Gasteiger charge is -2.28. The molecule has 1 aromatic heterocycles. The van der Waals surface area contributed by atoms with Gasteiger partial charge in [-0.3, -0.25) is 14.3 Å². The van der Waals surface area contributed by atoms with Crippen molar-refractivity contribution in [2.75, 3.05) is 25.0 Å². The normalized spacial score (nSPS) is 28.1. The molecule has 2 amide bonds. The minimum Gasteiger partial charge on any atom is -0.365 e. The third-order valence-corrected chi connectivity index (χ3v) is 4.41. The van der Waals surface area contributed by atoms with Crippen LogP contribution in [0.5, 0.6) is 0 Å². The Morgan fingerprint density at radius 3 is 3.00 bits per heavy atom. The molecule has 3 rings (SSSR count). The van der Waals surface area contributed by atoms with Gasteiger partial charge in [0.15, 0.2) is 5.82 Å². The van der Waals surface area contributed by atoms with Crippen LogP contribution in [0.4, 0.5) is 5.82 Å². The summed E-state index contributed by atoms with van der Waals surface area (Å²) >= 11 is 0. The van der Waals surface area contributed by atoms with Gasteiger partial charge in [-0.05, 0) is 26.2 Å². The van der Waals surface area contributed by atoms with Gasteiger partial charge < -0.3 is 15.0 Å². The summed E-state index contributed by atoms with van der Waals surface area (Å²) in [7, 11) is 0. The highest BCUT2D eigenvalue weighted by Gasteiger charge is 2.42. The number of hydrogen-bond donors (Lipinski definition) is 1. The molecule has 2 saturated heterocycles. The van der Waals surface area contributed by atoms with Gasteiger partial charge in [0, 0.05) is 38.9 Å². The monoisotopic (exact) mass is 306 g/mol. The molecule has 2 aliphatic rings. The maximum Gasteiger partial charge on any atom is 0.254 e. The Labute approximate surface area is 129 Å². The molecule has 0 radical (unpaired) electrons. The van der Waals surface area contributed by atoms with E-state index in [-0.39, 0.29) is 17.9 Å². The highest BCUT2D eigenvalue weighted by atomic mass is 16.5. The van der Waals surface area contributed by atoms with Crippen LogP contribution >= 0.6 is 0 Å². The van der Waals surface area contributed by atoms with Gasteiger partial charge in [-0.25, -0.2) is 0 Å². The summed E-state index contributed by atoms with van der Waals surface area (Å²) in [5.41, 5.74) is -0.652. The molecule has 120 valence electrons. The molecule has 7 heteroatoms. The maximum absolute atomic E-state index is 12.6. The van der Waals surface area contributed by atoms with Gasteiger partial charge in [0.1, 0.15) is 5.60 Å². The largest absolute Gasteiger partial charge is 0.365 e. The molecule has 0 saturated carbocycles. The van der Waals surface area contributed by atoms with Gasteiger partial charge in [-0.2, -0.15) is 5.10 Å². The van der Waals surface area contributed by atoms with Gasteiger partial charge in [0.05, 0.1) is 6.04 Å².